The SMILES string of the molecule is CC1=NNC(=O)C1=CC=Cc1c(C)[nH]n(-c2ccccc2)c1=O. The van der Waals surface area contributed by atoms with Crippen molar-refractivity contribution < 1.29 is 4.79 Å². The van der Waals surface area contributed by atoms with Crippen molar-refractivity contribution >= 4 is 17.7 Å². The monoisotopic (exact) mass is 308 g/mol. The van der Waals surface area contributed by atoms with E-state index in [1.54, 1.807) is 25.2 Å². The summed E-state index contributed by atoms with van der Waals surface area (Å²) in [6.45, 7) is 3.59. The van der Waals surface area contributed by atoms with Gasteiger partial charge in [0, 0.05) is 5.69 Å². The molecule has 2 N–H and O–H groups in total. The van der Waals surface area contributed by atoms with E-state index < -0.39 is 0 Å². The minimum atomic E-state index is -0.236. The van der Waals surface area contributed by atoms with Gasteiger partial charge in [-0.2, -0.15) is 5.10 Å². The van der Waals surface area contributed by atoms with Crippen LogP contribution in [-0.4, -0.2) is 21.4 Å². The number of nitrogens with zero attached hydrogens (tertiary/aromatic N) is 2. The number of para-hydroxylation sites is 1. The van der Waals surface area contributed by atoms with Gasteiger partial charge in [-0.1, -0.05) is 24.3 Å². The number of hydrogen-bond acceptors (Lipinski definition) is 3. The largest absolute Gasteiger partial charge is 0.295 e. The molecule has 6 heteroatoms. The summed E-state index contributed by atoms with van der Waals surface area (Å²) < 4.78 is 1.50. The lowest BCUT2D eigenvalue weighted by Gasteiger charge is -1.99. The maximum atomic E-state index is 12.5. The molecule has 3 rings (SSSR count). The lowest BCUT2D eigenvalue weighted by Crippen LogP contribution is -2.15. The van der Waals surface area contributed by atoms with Crippen molar-refractivity contribution in [3.8, 4) is 5.69 Å². The quantitative estimate of drug-likeness (QED) is 0.850. The molecule has 0 saturated carbocycles. The van der Waals surface area contributed by atoms with Gasteiger partial charge in [-0.15, -0.1) is 0 Å². The minimum Gasteiger partial charge on any atom is -0.295 e. The van der Waals surface area contributed by atoms with Crippen LogP contribution in [-0.2, 0) is 4.79 Å². The van der Waals surface area contributed by atoms with Crippen LogP contribution in [0.5, 0.6) is 0 Å². The number of aromatic amines is 1. The standard InChI is InChI=1S/C17H16N4O2/c1-11-14(16(22)19-18-11)9-6-10-15-12(2)20-21(17(15)23)13-7-4-3-5-8-13/h3-10,20H,1-2H3,(H,19,22). The van der Waals surface area contributed by atoms with Gasteiger partial charge in [-0.25, -0.2) is 10.1 Å². The number of nitrogens with one attached hydrogen (secondary N) is 2. The predicted octanol–water partition coefficient (Wildman–Crippen LogP) is 1.92. The van der Waals surface area contributed by atoms with Gasteiger partial charge in [-0.05, 0) is 38.1 Å². The number of carbonyl (C=O) groups excluding carboxylic acids is 1. The fraction of sp³-hybridized carbons (Fsp3) is 0.118. The van der Waals surface area contributed by atoms with Gasteiger partial charge in [-0.3, -0.25) is 14.7 Å². The van der Waals surface area contributed by atoms with Gasteiger partial charge in [0.1, 0.15) is 0 Å². The van der Waals surface area contributed by atoms with Crippen LogP contribution in [0.25, 0.3) is 11.8 Å². The number of rotatable bonds is 3. The molecule has 23 heavy (non-hydrogen) atoms. The highest BCUT2D eigenvalue weighted by Gasteiger charge is 2.17. The van der Waals surface area contributed by atoms with E-state index in [4.69, 9.17) is 0 Å². The first-order chi connectivity index (χ1) is 11.1. The Morgan fingerprint density at radius 1 is 1.13 bits per heavy atom. The Hall–Kier alpha value is -3.15. The summed E-state index contributed by atoms with van der Waals surface area (Å²) in [4.78, 5) is 24.1. The maximum Gasteiger partial charge on any atom is 0.278 e. The third-order valence-corrected chi connectivity index (χ3v) is 3.62. The average Bonchev–Trinajstić information content (AvgIpc) is 3.02. The van der Waals surface area contributed by atoms with E-state index in [0.29, 0.717) is 16.8 Å². The van der Waals surface area contributed by atoms with Gasteiger partial charge in [0.05, 0.1) is 22.5 Å². The highest BCUT2D eigenvalue weighted by Crippen LogP contribution is 2.10. The van der Waals surface area contributed by atoms with E-state index in [9.17, 15) is 9.59 Å². The van der Waals surface area contributed by atoms with Gasteiger partial charge in [0.25, 0.3) is 11.5 Å². The van der Waals surface area contributed by atoms with E-state index in [2.05, 4.69) is 15.6 Å². The molecule has 0 atom stereocenters. The van der Waals surface area contributed by atoms with E-state index in [1.807, 2.05) is 37.3 Å². The molecular weight excluding hydrogens is 292 g/mol. The second kappa shape index (κ2) is 5.92. The molecule has 0 bridgehead atoms. The minimum absolute atomic E-state index is 0.135. The average molecular weight is 308 g/mol. The number of aryl methyl sites for hydroxylation is 1. The number of amides is 1. The molecule has 1 aromatic carbocycles. The van der Waals surface area contributed by atoms with Crippen LogP contribution in [0, 0.1) is 6.92 Å². The molecule has 0 radical (unpaired) electrons. The van der Waals surface area contributed by atoms with Gasteiger partial charge >= 0.3 is 0 Å². The molecule has 2 heterocycles. The van der Waals surface area contributed by atoms with Gasteiger partial charge in [0.2, 0.25) is 0 Å². The summed E-state index contributed by atoms with van der Waals surface area (Å²) >= 11 is 0. The van der Waals surface area contributed by atoms with Crippen molar-refractivity contribution in [3.05, 3.63) is 69.7 Å². The van der Waals surface area contributed by atoms with Crippen LogP contribution in [0.3, 0.4) is 0 Å². The normalized spacial score (nSPS) is 16.2. The highest BCUT2D eigenvalue weighted by molar-refractivity contribution is 6.24. The van der Waals surface area contributed by atoms with Crippen molar-refractivity contribution in [1.29, 1.82) is 0 Å². The molecule has 6 nitrogen and oxygen atoms in total. The number of hydrazone groups is 1. The summed E-state index contributed by atoms with van der Waals surface area (Å²) in [5.41, 5.74) is 5.47. The first-order valence-electron chi connectivity index (χ1n) is 7.18. The fourth-order valence-electron chi connectivity index (χ4n) is 2.37. The molecule has 0 saturated heterocycles. The highest BCUT2D eigenvalue weighted by atomic mass is 16.2. The molecule has 1 aliphatic heterocycles. The zero-order valence-electron chi connectivity index (χ0n) is 12.8. The second-order valence-electron chi connectivity index (χ2n) is 5.20. The molecule has 1 amide bonds. The molecule has 0 fully saturated rings. The predicted molar refractivity (Wildman–Crippen MR) is 89.5 cm³/mol. The first kappa shape index (κ1) is 14.8. The van der Waals surface area contributed by atoms with Crippen LogP contribution in [0.1, 0.15) is 18.2 Å². The van der Waals surface area contributed by atoms with Crippen molar-refractivity contribution in [2.45, 2.75) is 13.8 Å². The third kappa shape index (κ3) is 2.78. The van der Waals surface area contributed by atoms with E-state index in [-0.39, 0.29) is 11.5 Å². The molecule has 1 aromatic heterocycles. The Balaban J connectivity index is 1.93. The van der Waals surface area contributed by atoms with Crippen molar-refractivity contribution in [2.75, 3.05) is 0 Å². The summed E-state index contributed by atoms with van der Waals surface area (Å²) in [7, 11) is 0. The van der Waals surface area contributed by atoms with Crippen LogP contribution >= 0.6 is 0 Å². The van der Waals surface area contributed by atoms with Gasteiger partial charge < -0.3 is 0 Å². The Bertz CT molecular complexity index is 898. The van der Waals surface area contributed by atoms with Crippen molar-refractivity contribution in [1.82, 2.24) is 15.2 Å². The second-order valence-corrected chi connectivity index (χ2v) is 5.20. The van der Waals surface area contributed by atoms with Crippen molar-refractivity contribution in [3.63, 3.8) is 0 Å². The van der Waals surface area contributed by atoms with Crippen LogP contribution in [0.4, 0.5) is 0 Å². The summed E-state index contributed by atoms with van der Waals surface area (Å²) in [5.74, 6) is -0.236. The number of hydrogen-bond donors (Lipinski definition) is 2. The lowest BCUT2D eigenvalue weighted by molar-refractivity contribution is -0.116. The van der Waals surface area contributed by atoms with E-state index in [1.165, 1.54) is 4.68 Å². The van der Waals surface area contributed by atoms with Crippen molar-refractivity contribution in [2.24, 2.45) is 5.10 Å². The Morgan fingerprint density at radius 2 is 1.87 bits per heavy atom. The summed E-state index contributed by atoms with van der Waals surface area (Å²) in [6, 6.07) is 9.36. The van der Waals surface area contributed by atoms with Crippen LogP contribution in [0.15, 0.2) is 58.0 Å². The third-order valence-electron chi connectivity index (χ3n) is 3.62. The molecule has 1 aliphatic rings. The topological polar surface area (TPSA) is 79.2 Å². The molecule has 0 aliphatic carbocycles. The number of carbonyl (C=O) groups is 1. The van der Waals surface area contributed by atoms with E-state index in [0.717, 1.165) is 11.4 Å². The lowest BCUT2D eigenvalue weighted by atomic mass is 10.1. The number of benzene rings is 1. The zero-order valence-corrected chi connectivity index (χ0v) is 12.8. The molecule has 116 valence electrons. The Kier molecular flexibility index (Phi) is 3.80. The first-order valence-corrected chi connectivity index (χ1v) is 7.18. The Morgan fingerprint density at radius 3 is 2.52 bits per heavy atom. The number of allylic oxidation sites excluding steroid dienone is 2. The maximum absolute atomic E-state index is 12.5. The van der Waals surface area contributed by atoms with Crippen LogP contribution < -0.4 is 11.0 Å². The summed E-state index contributed by atoms with van der Waals surface area (Å²) in [5, 5.41) is 6.90. The Labute approximate surface area is 132 Å². The molecule has 2 aromatic rings. The van der Waals surface area contributed by atoms with E-state index >= 15 is 0 Å². The molecule has 0 unspecified atom stereocenters. The number of H-pyrrole nitrogens is 1. The smallest absolute Gasteiger partial charge is 0.278 e. The van der Waals surface area contributed by atoms with Gasteiger partial charge in [0.15, 0.2) is 0 Å². The molecular formula is C17H16N4O2. The van der Waals surface area contributed by atoms with Crippen LogP contribution in [0.2, 0.25) is 0 Å². The number of aromatic nitrogens is 2. The molecule has 0 spiro atoms. The zero-order chi connectivity index (χ0) is 16.4. The summed E-state index contributed by atoms with van der Waals surface area (Å²) in [6.07, 6.45) is 5.03. The fourth-order valence-corrected chi connectivity index (χ4v) is 2.37.